The number of nitrogens with zero attached hydrogens (tertiary/aromatic N) is 1. The predicted molar refractivity (Wildman–Crippen MR) is 85.5 cm³/mol. The molecule has 0 spiro atoms. The van der Waals surface area contributed by atoms with Crippen LogP contribution in [0.25, 0.3) is 0 Å². The Bertz CT molecular complexity index is 453. The molecule has 0 radical (unpaired) electrons. The van der Waals surface area contributed by atoms with Gasteiger partial charge in [-0.1, -0.05) is 18.6 Å². The summed E-state index contributed by atoms with van der Waals surface area (Å²) in [4.78, 5) is 4.55. The van der Waals surface area contributed by atoms with E-state index in [1.54, 1.807) is 7.11 Å². The first-order valence-corrected chi connectivity index (χ1v) is 7.45. The number of allylic oxidation sites excluding steroid dienone is 1. The molecule has 1 aromatic rings. The van der Waals surface area contributed by atoms with Crippen LogP contribution in [0, 0.1) is 13.8 Å². The zero-order valence-electron chi connectivity index (χ0n) is 13.5. The first-order valence-electron chi connectivity index (χ1n) is 7.45. The van der Waals surface area contributed by atoms with E-state index in [9.17, 15) is 0 Å². The molecule has 0 aromatic carbocycles. The van der Waals surface area contributed by atoms with Gasteiger partial charge in [-0.15, -0.1) is 0 Å². The zero-order chi connectivity index (χ0) is 15.0. The summed E-state index contributed by atoms with van der Waals surface area (Å²) in [6, 6.07) is 0. The zero-order valence-corrected chi connectivity index (χ0v) is 13.5. The number of ether oxygens (including phenoxy) is 1. The first-order chi connectivity index (χ1) is 9.60. The third-order valence-corrected chi connectivity index (χ3v) is 3.44. The highest BCUT2D eigenvalue weighted by Crippen LogP contribution is 2.25. The van der Waals surface area contributed by atoms with Crippen molar-refractivity contribution < 1.29 is 4.74 Å². The average molecular weight is 276 g/mol. The van der Waals surface area contributed by atoms with Gasteiger partial charge in [0, 0.05) is 23.7 Å². The molecule has 0 saturated carbocycles. The lowest BCUT2D eigenvalue weighted by Crippen LogP contribution is -2.15. The van der Waals surface area contributed by atoms with E-state index in [1.807, 2.05) is 13.1 Å². The highest BCUT2D eigenvalue weighted by molar-refractivity contribution is 5.42. The summed E-state index contributed by atoms with van der Waals surface area (Å²) in [6.07, 6.45) is 7.37. The van der Waals surface area contributed by atoms with Crippen LogP contribution >= 0.6 is 0 Å². The molecular weight excluding hydrogens is 248 g/mol. The Morgan fingerprint density at radius 1 is 1.35 bits per heavy atom. The molecule has 3 nitrogen and oxygen atoms in total. The molecule has 0 aliphatic heterocycles. The number of pyridine rings is 1. The number of rotatable bonds is 8. The van der Waals surface area contributed by atoms with Crippen molar-refractivity contribution in [2.45, 2.75) is 47.0 Å². The van der Waals surface area contributed by atoms with Gasteiger partial charge in [-0.25, -0.2) is 0 Å². The predicted octanol–water partition coefficient (Wildman–Crippen LogP) is 3.59. The van der Waals surface area contributed by atoms with Gasteiger partial charge in [0.05, 0.1) is 12.8 Å². The van der Waals surface area contributed by atoms with Crippen molar-refractivity contribution in [2.75, 3.05) is 20.2 Å². The fourth-order valence-electron chi connectivity index (χ4n) is 2.31. The molecule has 112 valence electrons. The Balaban J connectivity index is 2.62. The van der Waals surface area contributed by atoms with E-state index in [-0.39, 0.29) is 0 Å². The van der Waals surface area contributed by atoms with E-state index in [0.29, 0.717) is 0 Å². The van der Waals surface area contributed by atoms with Gasteiger partial charge >= 0.3 is 0 Å². The second kappa shape index (κ2) is 8.75. The first kappa shape index (κ1) is 16.7. The molecule has 3 heteroatoms. The second-order valence-electron chi connectivity index (χ2n) is 5.31. The highest BCUT2D eigenvalue weighted by atomic mass is 16.5. The SMILES string of the molecule is CCCNCCC=C(C)Cc1ncc(C)c(OC)c1C. The summed E-state index contributed by atoms with van der Waals surface area (Å²) in [6.45, 7) is 10.6. The van der Waals surface area contributed by atoms with Crippen LogP contribution in [-0.2, 0) is 6.42 Å². The largest absolute Gasteiger partial charge is 0.496 e. The monoisotopic (exact) mass is 276 g/mol. The minimum Gasteiger partial charge on any atom is -0.496 e. The molecule has 0 bridgehead atoms. The van der Waals surface area contributed by atoms with Gasteiger partial charge < -0.3 is 10.1 Å². The van der Waals surface area contributed by atoms with E-state index in [0.717, 1.165) is 48.5 Å². The number of aromatic nitrogens is 1. The Morgan fingerprint density at radius 2 is 2.10 bits per heavy atom. The van der Waals surface area contributed by atoms with Crippen molar-refractivity contribution in [3.05, 3.63) is 34.7 Å². The summed E-state index contributed by atoms with van der Waals surface area (Å²) >= 11 is 0. The van der Waals surface area contributed by atoms with Gasteiger partial charge in [0.1, 0.15) is 5.75 Å². The van der Waals surface area contributed by atoms with Crippen LogP contribution in [0.2, 0.25) is 0 Å². The maximum absolute atomic E-state index is 5.45. The Morgan fingerprint density at radius 3 is 2.75 bits per heavy atom. The summed E-state index contributed by atoms with van der Waals surface area (Å²) in [5.74, 6) is 0.965. The van der Waals surface area contributed by atoms with Crippen molar-refractivity contribution in [3.8, 4) is 5.75 Å². The maximum Gasteiger partial charge on any atom is 0.128 e. The number of nitrogens with one attached hydrogen (secondary N) is 1. The van der Waals surface area contributed by atoms with Crippen LogP contribution < -0.4 is 10.1 Å². The quantitative estimate of drug-likeness (QED) is 0.582. The van der Waals surface area contributed by atoms with Gasteiger partial charge in [0.25, 0.3) is 0 Å². The van der Waals surface area contributed by atoms with E-state index in [1.165, 1.54) is 12.0 Å². The van der Waals surface area contributed by atoms with Crippen molar-refractivity contribution in [3.63, 3.8) is 0 Å². The number of hydrogen-bond donors (Lipinski definition) is 1. The van der Waals surface area contributed by atoms with Crippen LogP contribution in [0.5, 0.6) is 5.75 Å². The maximum atomic E-state index is 5.45. The van der Waals surface area contributed by atoms with Crippen LogP contribution in [-0.4, -0.2) is 25.2 Å². The molecule has 0 aliphatic carbocycles. The van der Waals surface area contributed by atoms with Crippen molar-refractivity contribution in [1.29, 1.82) is 0 Å². The number of aryl methyl sites for hydroxylation is 1. The average Bonchev–Trinajstić information content (AvgIpc) is 2.42. The van der Waals surface area contributed by atoms with Crippen LogP contribution in [0.1, 0.15) is 43.5 Å². The van der Waals surface area contributed by atoms with Gasteiger partial charge in [-0.05, 0) is 46.7 Å². The normalized spacial score (nSPS) is 11.8. The van der Waals surface area contributed by atoms with Crippen molar-refractivity contribution >= 4 is 0 Å². The molecule has 1 N–H and O–H groups in total. The van der Waals surface area contributed by atoms with Crippen LogP contribution in [0.15, 0.2) is 17.8 Å². The summed E-state index contributed by atoms with van der Waals surface area (Å²) in [5.41, 5.74) is 4.73. The summed E-state index contributed by atoms with van der Waals surface area (Å²) in [7, 11) is 1.72. The fourth-order valence-corrected chi connectivity index (χ4v) is 2.31. The molecule has 0 aliphatic rings. The molecule has 0 saturated heterocycles. The Hall–Kier alpha value is -1.35. The van der Waals surface area contributed by atoms with Gasteiger partial charge in [0.15, 0.2) is 0 Å². The highest BCUT2D eigenvalue weighted by Gasteiger charge is 2.09. The van der Waals surface area contributed by atoms with Crippen LogP contribution in [0.4, 0.5) is 0 Å². The summed E-state index contributed by atoms with van der Waals surface area (Å²) < 4.78 is 5.45. The fraction of sp³-hybridized carbons (Fsp3) is 0.588. The van der Waals surface area contributed by atoms with E-state index >= 15 is 0 Å². The molecule has 1 heterocycles. The van der Waals surface area contributed by atoms with E-state index < -0.39 is 0 Å². The number of hydrogen-bond acceptors (Lipinski definition) is 3. The molecule has 0 unspecified atom stereocenters. The van der Waals surface area contributed by atoms with Gasteiger partial charge in [-0.2, -0.15) is 0 Å². The van der Waals surface area contributed by atoms with E-state index in [4.69, 9.17) is 4.74 Å². The van der Waals surface area contributed by atoms with Crippen LogP contribution in [0.3, 0.4) is 0 Å². The lowest BCUT2D eigenvalue weighted by atomic mass is 10.0. The third kappa shape index (κ3) is 4.97. The molecular formula is C17H28N2O. The Labute approximate surface area is 123 Å². The van der Waals surface area contributed by atoms with Gasteiger partial charge in [-0.3, -0.25) is 4.98 Å². The third-order valence-electron chi connectivity index (χ3n) is 3.44. The van der Waals surface area contributed by atoms with Crippen molar-refractivity contribution in [1.82, 2.24) is 10.3 Å². The minimum absolute atomic E-state index is 0.899. The Kier molecular flexibility index (Phi) is 7.31. The van der Waals surface area contributed by atoms with Crippen molar-refractivity contribution in [2.24, 2.45) is 0 Å². The second-order valence-corrected chi connectivity index (χ2v) is 5.31. The molecule has 20 heavy (non-hydrogen) atoms. The molecule has 0 atom stereocenters. The molecule has 0 fully saturated rings. The standard InChI is InChI=1S/C17H28N2O/c1-6-9-18-10-7-8-13(2)11-16-15(4)17(20-5)14(3)12-19-16/h8,12,18H,6-7,9-11H2,1-5H3. The number of methoxy groups -OCH3 is 1. The lowest BCUT2D eigenvalue weighted by Gasteiger charge is -2.12. The molecule has 1 rings (SSSR count). The minimum atomic E-state index is 0.899. The molecule has 1 aromatic heterocycles. The lowest BCUT2D eigenvalue weighted by molar-refractivity contribution is 0.407. The van der Waals surface area contributed by atoms with E-state index in [2.05, 4.69) is 37.1 Å². The summed E-state index contributed by atoms with van der Waals surface area (Å²) in [5, 5.41) is 3.41. The topological polar surface area (TPSA) is 34.2 Å². The molecule has 0 amide bonds. The van der Waals surface area contributed by atoms with Gasteiger partial charge in [0.2, 0.25) is 0 Å². The smallest absolute Gasteiger partial charge is 0.128 e.